The van der Waals surface area contributed by atoms with E-state index < -0.39 is 17.7 Å². The number of hydrogen-bond acceptors (Lipinski definition) is 7. The highest BCUT2D eigenvalue weighted by molar-refractivity contribution is 6.46. The molecule has 1 N–H and O–H groups in total. The molecule has 2 aromatic carbocycles. The molecule has 1 heterocycles. The normalized spacial score (nSPS) is 17.2. The van der Waals surface area contributed by atoms with Crippen LogP contribution in [0, 0.1) is 0 Å². The van der Waals surface area contributed by atoms with Gasteiger partial charge in [-0.15, -0.1) is 0 Å². The Kier molecular flexibility index (Phi) is 7.96. The maximum atomic E-state index is 13.1. The van der Waals surface area contributed by atoms with Gasteiger partial charge >= 0.3 is 0 Å². The van der Waals surface area contributed by atoms with Gasteiger partial charge in [0.1, 0.15) is 18.1 Å². The lowest BCUT2D eigenvalue weighted by atomic mass is 9.95. The standard InChI is InChI=1S/C26H30N2O6/c1-6-15-34-20-12-9-18(16-21(20)33-5)23-22(24(29)17-7-10-19(32-4)11-8-17)25(30)26(31)28(23)14-13-27(2)3/h6-12,16,23,29H,1,13-15H2,2-5H3/b24-22+. The van der Waals surface area contributed by atoms with Gasteiger partial charge in [-0.1, -0.05) is 18.7 Å². The van der Waals surface area contributed by atoms with Gasteiger partial charge in [0, 0.05) is 18.7 Å². The van der Waals surface area contributed by atoms with Crippen molar-refractivity contribution in [3.05, 3.63) is 71.8 Å². The molecule has 0 spiro atoms. The molecule has 0 aliphatic carbocycles. The van der Waals surface area contributed by atoms with Crippen molar-refractivity contribution < 1.29 is 28.9 Å². The van der Waals surface area contributed by atoms with Gasteiger partial charge in [-0.25, -0.2) is 0 Å². The fraction of sp³-hybridized carbons (Fsp3) is 0.308. The van der Waals surface area contributed by atoms with Crippen molar-refractivity contribution in [3.8, 4) is 17.2 Å². The van der Waals surface area contributed by atoms with Crippen molar-refractivity contribution in [2.45, 2.75) is 6.04 Å². The van der Waals surface area contributed by atoms with Gasteiger partial charge in [0.25, 0.3) is 11.7 Å². The Hall–Kier alpha value is -3.78. The predicted octanol–water partition coefficient (Wildman–Crippen LogP) is 3.25. The number of likely N-dealkylation sites (N-methyl/N-ethyl adjacent to an activating group) is 1. The molecule has 1 saturated heterocycles. The summed E-state index contributed by atoms with van der Waals surface area (Å²) >= 11 is 0. The Balaban J connectivity index is 2.14. The first-order valence-corrected chi connectivity index (χ1v) is 10.8. The zero-order chi connectivity index (χ0) is 24.8. The van der Waals surface area contributed by atoms with E-state index in [0.717, 1.165) is 0 Å². The number of nitrogens with zero attached hydrogens (tertiary/aromatic N) is 2. The monoisotopic (exact) mass is 466 g/mol. The number of likely N-dealkylation sites (tertiary alicyclic amines) is 1. The van der Waals surface area contributed by atoms with Gasteiger partial charge < -0.3 is 29.1 Å². The topological polar surface area (TPSA) is 88.5 Å². The largest absolute Gasteiger partial charge is 0.507 e. The van der Waals surface area contributed by atoms with E-state index in [0.29, 0.717) is 48.1 Å². The third kappa shape index (κ3) is 5.07. The minimum Gasteiger partial charge on any atom is -0.507 e. The van der Waals surface area contributed by atoms with Crippen molar-refractivity contribution in [1.29, 1.82) is 0 Å². The number of aliphatic hydroxyl groups excluding tert-OH is 1. The van der Waals surface area contributed by atoms with Crippen LogP contribution in [0.25, 0.3) is 5.76 Å². The quantitative estimate of drug-likeness (QED) is 0.249. The zero-order valence-corrected chi connectivity index (χ0v) is 19.9. The lowest BCUT2D eigenvalue weighted by molar-refractivity contribution is -0.140. The van der Waals surface area contributed by atoms with E-state index in [2.05, 4.69) is 6.58 Å². The minimum atomic E-state index is -0.788. The van der Waals surface area contributed by atoms with E-state index in [1.54, 1.807) is 55.7 Å². The van der Waals surface area contributed by atoms with Crippen LogP contribution >= 0.6 is 0 Å². The minimum absolute atomic E-state index is 0.0238. The first kappa shape index (κ1) is 24.9. The van der Waals surface area contributed by atoms with Gasteiger partial charge in [-0.2, -0.15) is 0 Å². The summed E-state index contributed by atoms with van der Waals surface area (Å²) in [6.07, 6.45) is 1.62. The average Bonchev–Trinajstić information content (AvgIpc) is 3.10. The van der Waals surface area contributed by atoms with Gasteiger partial charge in [0.15, 0.2) is 11.5 Å². The Labute approximate surface area is 199 Å². The van der Waals surface area contributed by atoms with Crippen LogP contribution in [0.3, 0.4) is 0 Å². The Bertz CT molecular complexity index is 1090. The predicted molar refractivity (Wildman–Crippen MR) is 129 cm³/mol. The number of ether oxygens (including phenoxy) is 3. The number of aliphatic hydroxyl groups is 1. The third-order valence-corrected chi connectivity index (χ3v) is 5.55. The highest BCUT2D eigenvalue weighted by atomic mass is 16.5. The summed E-state index contributed by atoms with van der Waals surface area (Å²) in [5.41, 5.74) is 1.06. The van der Waals surface area contributed by atoms with Gasteiger partial charge in [-0.05, 0) is 56.1 Å². The van der Waals surface area contributed by atoms with Crippen LogP contribution in [0.4, 0.5) is 0 Å². The number of ketones is 1. The molecule has 0 saturated carbocycles. The molecular formula is C26H30N2O6. The smallest absolute Gasteiger partial charge is 0.295 e. The number of carbonyl (C=O) groups excluding carboxylic acids is 2. The lowest BCUT2D eigenvalue weighted by Gasteiger charge is -2.27. The number of carbonyl (C=O) groups is 2. The molecule has 8 nitrogen and oxygen atoms in total. The lowest BCUT2D eigenvalue weighted by Crippen LogP contribution is -2.35. The number of hydrogen-bond donors (Lipinski definition) is 1. The van der Waals surface area contributed by atoms with Crippen LogP contribution in [0.15, 0.2) is 60.7 Å². The van der Waals surface area contributed by atoms with Crippen molar-refractivity contribution >= 4 is 17.4 Å². The fourth-order valence-corrected chi connectivity index (χ4v) is 3.79. The maximum Gasteiger partial charge on any atom is 0.295 e. The zero-order valence-electron chi connectivity index (χ0n) is 19.9. The van der Waals surface area contributed by atoms with Crippen LogP contribution in [0.5, 0.6) is 17.2 Å². The Morgan fingerprint density at radius 3 is 2.38 bits per heavy atom. The van der Waals surface area contributed by atoms with Crippen LogP contribution in [0.2, 0.25) is 0 Å². The van der Waals surface area contributed by atoms with Crippen LogP contribution in [-0.4, -0.2) is 74.6 Å². The third-order valence-electron chi connectivity index (χ3n) is 5.55. The molecule has 2 aromatic rings. The molecule has 180 valence electrons. The molecule has 1 fully saturated rings. The summed E-state index contributed by atoms with van der Waals surface area (Å²) in [6.45, 7) is 4.80. The summed E-state index contributed by atoms with van der Waals surface area (Å²) < 4.78 is 16.3. The molecule has 0 aromatic heterocycles. The SMILES string of the molecule is C=CCOc1ccc(C2/C(=C(\O)c3ccc(OC)cc3)C(=O)C(=O)N2CCN(C)C)cc1OC. The summed E-state index contributed by atoms with van der Waals surface area (Å²) in [5.74, 6) is -0.0758. The number of rotatable bonds is 10. The second-order valence-electron chi connectivity index (χ2n) is 8.03. The molecular weight excluding hydrogens is 436 g/mol. The molecule has 1 amide bonds. The van der Waals surface area contributed by atoms with E-state index >= 15 is 0 Å². The molecule has 1 unspecified atom stereocenters. The van der Waals surface area contributed by atoms with Crippen LogP contribution in [-0.2, 0) is 9.59 Å². The highest BCUT2D eigenvalue weighted by Crippen LogP contribution is 2.42. The second kappa shape index (κ2) is 10.9. The molecule has 1 aliphatic heterocycles. The van der Waals surface area contributed by atoms with Gasteiger partial charge in [0.05, 0.1) is 25.8 Å². The molecule has 0 radical (unpaired) electrons. The first-order chi connectivity index (χ1) is 16.3. The van der Waals surface area contributed by atoms with E-state index in [1.165, 1.54) is 12.0 Å². The van der Waals surface area contributed by atoms with Crippen LogP contribution in [0.1, 0.15) is 17.2 Å². The van der Waals surface area contributed by atoms with Crippen molar-refractivity contribution in [2.24, 2.45) is 0 Å². The summed E-state index contributed by atoms with van der Waals surface area (Å²) in [4.78, 5) is 29.6. The molecule has 0 bridgehead atoms. The van der Waals surface area contributed by atoms with Crippen molar-refractivity contribution in [3.63, 3.8) is 0 Å². The number of amides is 1. The number of methoxy groups -OCH3 is 2. The molecule has 1 atom stereocenters. The highest BCUT2D eigenvalue weighted by Gasteiger charge is 2.46. The van der Waals surface area contributed by atoms with Gasteiger partial charge in [0.2, 0.25) is 0 Å². The van der Waals surface area contributed by atoms with E-state index in [4.69, 9.17) is 14.2 Å². The Morgan fingerprint density at radius 2 is 1.79 bits per heavy atom. The molecule has 34 heavy (non-hydrogen) atoms. The fourth-order valence-electron chi connectivity index (χ4n) is 3.79. The maximum absolute atomic E-state index is 13.1. The summed E-state index contributed by atoms with van der Waals surface area (Å²) in [6, 6.07) is 11.1. The van der Waals surface area contributed by atoms with Gasteiger partial charge in [-0.3, -0.25) is 9.59 Å². The van der Waals surface area contributed by atoms with Crippen molar-refractivity contribution in [2.75, 3.05) is 48.0 Å². The van der Waals surface area contributed by atoms with E-state index in [9.17, 15) is 14.7 Å². The van der Waals surface area contributed by atoms with E-state index in [1.807, 2.05) is 19.0 Å². The first-order valence-electron chi connectivity index (χ1n) is 10.8. The average molecular weight is 467 g/mol. The summed E-state index contributed by atoms with van der Waals surface area (Å²) in [5, 5.41) is 11.2. The van der Waals surface area contributed by atoms with Crippen LogP contribution < -0.4 is 14.2 Å². The molecule has 3 rings (SSSR count). The van der Waals surface area contributed by atoms with Crippen molar-refractivity contribution in [1.82, 2.24) is 9.80 Å². The second-order valence-corrected chi connectivity index (χ2v) is 8.03. The molecule has 1 aliphatic rings. The molecule has 8 heteroatoms. The Morgan fingerprint density at radius 1 is 1.09 bits per heavy atom. The number of Topliss-reactive ketones (excluding diaryl/α,β-unsaturated/α-hetero) is 1. The summed E-state index contributed by atoms with van der Waals surface area (Å²) in [7, 11) is 6.83. The number of benzene rings is 2. The van der Waals surface area contributed by atoms with E-state index in [-0.39, 0.29) is 11.3 Å².